The van der Waals surface area contributed by atoms with Gasteiger partial charge in [0, 0.05) is 16.1 Å². The molecule has 3 N–H and O–H groups in total. The molecule has 2 nitrogen and oxygen atoms in total. The summed E-state index contributed by atoms with van der Waals surface area (Å²) in [7, 11) is 0. The maximum atomic E-state index is 8.98. The highest BCUT2D eigenvalue weighted by Crippen LogP contribution is 2.28. The topological polar surface area (TPSA) is 46.2 Å². The van der Waals surface area contributed by atoms with Crippen LogP contribution in [0.2, 0.25) is 0 Å². The normalized spacial score (nSPS) is 10.9. The van der Waals surface area contributed by atoms with Gasteiger partial charge in [-0.05, 0) is 17.0 Å². The molecule has 13 heavy (non-hydrogen) atoms. The minimum Gasteiger partial charge on any atom is -0.391 e. The lowest BCUT2D eigenvalue weighted by molar-refractivity contribution is 0.285. The standard InChI is InChI=1S/C10H11NOS/c11-5-8-3-1-2-7-4-9(6-12)13-10(7)8/h1-4,12H,5-6,11H2. The van der Waals surface area contributed by atoms with Crippen LogP contribution in [0.15, 0.2) is 24.3 Å². The molecule has 0 atom stereocenters. The second-order valence-corrected chi connectivity index (χ2v) is 4.05. The van der Waals surface area contributed by atoms with Crippen LogP contribution in [0.25, 0.3) is 10.1 Å². The second kappa shape index (κ2) is 3.46. The van der Waals surface area contributed by atoms with E-state index in [-0.39, 0.29) is 6.61 Å². The summed E-state index contributed by atoms with van der Waals surface area (Å²) >= 11 is 1.62. The lowest BCUT2D eigenvalue weighted by Crippen LogP contribution is -1.95. The van der Waals surface area contributed by atoms with Crippen LogP contribution in [0.1, 0.15) is 10.4 Å². The van der Waals surface area contributed by atoms with E-state index in [1.165, 1.54) is 10.1 Å². The lowest BCUT2D eigenvalue weighted by atomic mass is 10.1. The number of aliphatic hydroxyl groups is 1. The minimum absolute atomic E-state index is 0.114. The van der Waals surface area contributed by atoms with Gasteiger partial charge < -0.3 is 10.8 Å². The molecule has 2 aromatic rings. The molecule has 0 radical (unpaired) electrons. The van der Waals surface area contributed by atoms with Crippen molar-refractivity contribution >= 4 is 21.4 Å². The zero-order chi connectivity index (χ0) is 9.26. The first kappa shape index (κ1) is 8.69. The van der Waals surface area contributed by atoms with E-state index in [0.29, 0.717) is 6.54 Å². The maximum Gasteiger partial charge on any atom is 0.0774 e. The Morgan fingerprint density at radius 2 is 2.23 bits per heavy atom. The van der Waals surface area contributed by atoms with Gasteiger partial charge in [0.25, 0.3) is 0 Å². The van der Waals surface area contributed by atoms with Crippen molar-refractivity contribution in [1.29, 1.82) is 0 Å². The Bertz CT molecular complexity index is 422. The number of aliphatic hydroxyl groups excluding tert-OH is 1. The number of rotatable bonds is 2. The Morgan fingerprint density at radius 3 is 2.92 bits per heavy atom. The zero-order valence-electron chi connectivity index (χ0n) is 7.16. The summed E-state index contributed by atoms with van der Waals surface area (Å²) in [5.41, 5.74) is 6.77. The Labute approximate surface area is 80.6 Å². The highest BCUT2D eigenvalue weighted by atomic mass is 32.1. The molecular weight excluding hydrogens is 182 g/mol. The van der Waals surface area contributed by atoms with Crippen molar-refractivity contribution in [2.45, 2.75) is 13.2 Å². The van der Waals surface area contributed by atoms with E-state index in [1.54, 1.807) is 11.3 Å². The van der Waals surface area contributed by atoms with Crippen LogP contribution in [0, 0.1) is 0 Å². The second-order valence-electron chi connectivity index (χ2n) is 2.91. The molecular formula is C10H11NOS. The summed E-state index contributed by atoms with van der Waals surface area (Å²) in [6.07, 6.45) is 0. The molecule has 1 aromatic carbocycles. The van der Waals surface area contributed by atoms with Crippen LogP contribution in [0.4, 0.5) is 0 Å². The molecule has 68 valence electrons. The maximum absolute atomic E-state index is 8.98. The summed E-state index contributed by atoms with van der Waals surface area (Å²) in [5, 5.41) is 10.2. The molecule has 0 saturated heterocycles. The van der Waals surface area contributed by atoms with Crippen LogP contribution in [-0.2, 0) is 13.2 Å². The van der Waals surface area contributed by atoms with Gasteiger partial charge in [-0.3, -0.25) is 0 Å². The molecule has 1 aromatic heterocycles. The van der Waals surface area contributed by atoms with Gasteiger partial charge in [0.05, 0.1) is 6.61 Å². The third-order valence-corrected chi connectivity index (χ3v) is 3.26. The summed E-state index contributed by atoms with van der Waals surface area (Å²) in [4.78, 5) is 0.996. The van der Waals surface area contributed by atoms with Gasteiger partial charge in [0.1, 0.15) is 0 Å². The van der Waals surface area contributed by atoms with Crippen LogP contribution in [-0.4, -0.2) is 5.11 Å². The van der Waals surface area contributed by atoms with Gasteiger partial charge in [-0.25, -0.2) is 0 Å². The molecule has 0 fully saturated rings. The fourth-order valence-corrected chi connectivity index (χ4v) is 2.46. The highest BCUT2D eigenvalue weighted by Gasteiger charge is 2.03. The molecule has 0 spiro atoms. The van der Waals surface area contributed by atoms with E-state index in [2.05, 4.69) is 0 Å². The lowest BCUT2D eigenvalue weighted by Gasteiger charge is -1.96. The minimum atomic E-state index is 0.114. The number of nitrogens with two attached hydrogens (primary N) is 1. The Kier molecular flexibility index (Phi) is 2.31. The monoisotopic (exact) mass is 193 g/mol. The van der Waals surface area contributed by atoms with Gasteiger partial charge in [-0.15, -0.1) is 11.3 Å². The first-order valence-electron chi connectivity index (χ1n) is 4.16. The van der Waals surface area contributed by atoms with Crippen molar-refractivity contribution < 1.29 is 5.11 Å². The Hall–Kier alpha value is -0.900. The number of benzene rings is 1. The quantitative estimate of drug-likeness (QED) is 0.764. The largest absolute Gasteiger partial charge is 0.391 e. The molecule has 0 bridgehead atoms. The van der Waals surface area contributed by atoms with E-state index < -0.39 is 0 Å². The van der Waals surface area contributed by atoms with Gasteiger partial charge >= 0.3 is 0 Å². The fraction of sp³-hybridized carbons (Fsp3) is 0.200. The van der Waals surface area contributed by atoms with Gasteiger partial charge in [-0.1, -0.05) is 18.2 Å². The average Bonchev–Trinajstić information content (AvgIpc) is 2.59. The summed E-state index contributed by atoms with van der Waals surface area (Å²) in [6.45, 7) is 0.673. The highest BCUT2D eigenvalue weighted by molar-refractivity contribution is 7.19. The zero-order valence-corrected chi connectivity index (χ0v) is 7.97. The number of hydrogen-bond donors (Lipinski definition) is 2. The third-order valence-electron chi connectivity index (χ3n) is 2.05. The van der Waals surface area contributed by atoms with Crippen molar-refractivity contribution in [2.24, 2.45) is 5.73 Å². The van der Waals surface area contributed by atoms with Crippen molar-refractivity contribution in [3.63, 3.8) is 0 Å². The summed E-state index contributed by atoms with van der Waals surface area (Å²) < 4.78 is 1.20. The van der Waals surface area contributed by atoms with Crippen molar-refractivity contribution in [3.05, 3.63) is 34.7 Å². The van der Waals surface area contributed by atoms with Crippen LogP contribution in [0.5, 0.6) is 0 Å². The van der Waals surface area contributed by atoms with Crippen LogP contribution in [0.3, 0.4) is 0 Å². The first-order chi connectivity index (χ1) is 6.35. The molecule has 1 heterocycles. The molecule has 0 amide bonds. The predicted octanol–water partition coefficient (Wildman–Crippen LogP) is 1.85. The average molecular weight is 193 g/mol. The Morgan fingerprint density at radius 1 is 1.38 bits per heavy atom. The van der Waals surface area contributed by atoms with Crippen molar-refractivity contribution in [2.75, 3.05) is 0 Å². The summed E-state index contributed by atoms with van der Waals surface area (Å²) in [6, 6.07) is 8.09. The predicted molar refractivity (Wildman–Crippen MR) is 55.6 cm³/mol. The molecule has 0 aliphatic rings. The molecule has 0 unspecified atom stereocenters. The molecule has 0 aliphatic heterocycles. The molecule has 0 saturated carbocycles. The smallest absolute Gasteiger partial charge is 0.0774 e. The van der Waals surface area contributed by atoms with Gasteiger partial charge in [0.2, 0.25) is 0 Å². The Balaban J connectivity index is 2.67. The van der Waals surface area contributed by atoms with E-state index in [9.17, 15) is 0 Å². The van der Waals surface area contributed by atoms with Crippen LogP contribution >= 0.6 is 11.3 Å². The molecule has 3 heteroatoms. The van der Waals surface area contributed by atoms with E-state index in [0.717, 1.165) is 10.4 Å². The number of hydrogen-bond acceptors (Lipinski definition) is 3. The SMILES string of the molecule is NCc1cccc2cc(CO)sc12. The van der Waals surface area contributed by atoms with Crippen molar-refractivity contribution in [3.8, 4) is 0 Å². The van der Waals surface area contributed by atoms with Crippen molar-refractivity contribution in [1.82, 2.24) is 0 Å². The molecule has 0 aliphatic carbocycles. The van der Waals surface area contributed by atoms with E-state index in [4.69, 9.17) is 10.8 Å². The number of thiophene rings is 1. The van der Waals surface area contributed by atoms with E-state index >= 15 is 0 Å². The summed E-state index contributed by atoms with van der Waals surface area (Å²) in [5.74, 6) is 0. The van der Waals surface area contributed by atoms with Gasteiger partial charge in [0.15, 0.2) is 0 Å². The first-order valence-corrected chi connectivity index (χ1v) is 4.98. The third kappa shape index (κ3) is 1.46. The van der Waals surface area contributed by atoms with Crippen LogP contribution < -0.4 is 5.73 Å². The van der Waals surface area contributed by atoms with Gasteiger partial charge in [-0.2, -0.15) is 0 Å². The fourth-order valence-electron chi connectivity index (χ4n) is 1.42. The molecule has 2 rings (SSSR count). The number of fused-ring (bicyclic) bond motifs is 1. The van der Waals surface area contributed by atoms with E-state index in [1.807, 2.05) is 24.3 Å².